The molecule has 39 heavy (non-hydrogen) atoms. The molecule has 1 aliphatic rings. The molecule has 1 amide bonds. The number of halogens is 6. The molecule has 3 heterocycles. The van der Waals surface area contributed by atoms with Crippen molar-refractivity contribution in [2.75, 3.05) is 39.4 Å². The lowest BCUT2D eigenvalue weighted by molar-refractivity contribution is -0.138. The van der Waals surface area contributed by atoms with E-state index in [1.54, 1.807) is 11.8 Å². The van der Waals surface area contributed by atoms with Crippen molar-refractivity contribution < 1.29 is 35.9 Å². The Morgan fingerprint density at radius 2 is 1.85 bits per heavy atom. The SMILES string of the molecule is C=N/C(=N\C=C(/C)C(F)(F)F)N1CCN(C(=O)COCCC(C)n2cc(C(F)(F)F)c3c(=O)[nH]ncc32)CC1. The second-order valence-electron chi connectivity index (χ2n) is 8.86. The second kappa shape index (κ2) is 12.0. The summed E-state index contributed by atoms with van der Waals surface area (Å²) in [5.74, 6) is -0.305. The van der Waals surface area contributed by atoms with Gasteiger partial charge in [0.15, 0.2) is 0 Å². The minimum absolute atomic E-state index is 0.0133. The first-order valence-corrected chi connectivity index (χ1v) is 11.8. The number of nitrogens with one attached hydrogen (secondary N) is 1. The van der Waals surface area contributed by atoms with Gasteiger partial charge in [-0.3, -0.25) is 9.59 Å². The van der Waals surface area contributed by atoms with E-state index >= 15 is 0 Å². The Bertz CT molecular complexity index is 1300. The van der Waals surface area contributed by atoms with E-state index in [1.807, 2.05) is 5.10 Å². The number of carbonyl (C=O) groups is 1. The number of aliphatic imine (C=N–C) groups is 2. The van der Waals surface area contributed by atoms with Gasteiger partial charge >= 0.3 is 12.4 Å². The molecule has 214 valence electrons. The van der Waals surface area contributed by atoms with Gasteiger partial charge < -0.3 is 19.1 Å². The van der Waals surface area contributed by atoms with Crippen LogP contribution in [0.2, 0.25) is 0 Å². The van der Waals surface area contributed by atoms with Gasteiger partial charge in [-0.05, 0) is 27.0 Å². The average molecular weight is 564 g/mol. The van der Waals surface area contributed by atoms with E-state index in [0.717, 1.165) is 19.3 Å². The third-order valence-corrected chi connectivity index (χ3v) is 6.22. The van der Waals surface area contributed by atoms with Crippen LogP contribution >= 0.6 is 0 Å². The van der Waals surface area contributed by atoms with Crippen LogP contribution in [0.1, 0.15) is 31.9 Å². The molecule has 1 N–H and O–H groups in total. The highest BCUT2D eigenvalue weighted by Gasteiger charge is 2.36. The molecule has 1 atom stereocenters. The minimum atomic E-state index is -4.72. The predicted molar refractivity (Wildman–Crippen MR) is 130 cm³/mol. The molecule has 1 aliphatic heterocycles. The maximum Gasteiger partial charge on any atom is 0.418 e. The highest BCUT2D eigenvalue weighted by molar-refractivity contribution is 5.85. The molecule has 0 bridgehead atoms. The van der Waals surface area contributed by atoms with Crippen LogP contribution in [-0.2, 0) is 15.7 Å². The van der Waals surface area contributed by atoms with Crippen LogP contribution in [-0.4, -0.2) is 88.7 Å². The molecule has 1 saturated heterocycles. The Morgan fingerprint density at radius 1 is 1.21 bits per heavy atom. The number of H-pyrrole nitrogens is 1. The number of aromatic nitrogens is 3. The smallest absolute Gasteiger partial charge is 0.372 e. The maximum absolute atomic E-state index is 13.4. The quantitative estimate of drug-likeness (QED) is 0.241. The maximum atomic E-state index is 13.4. The van der Waals surface area contributed by atoms with E-state index in [2.05, 4.69) is 21.8 Å². The number of amides is 1. The van der Waals surface area contributed by atoms with Crippen LogP contribution in [0.5, 0.6) is 0 Å². The fourth-order valence-corrected chi connectivity index (χ4v) is 3.95. The first kappa shape index (κ1) is 29.9. The summed E-state index contributed by atoms with van der Waals surface area (Å²) >= 11 is 0. The zero-order chi connectivity index (χ0) is 29.0. The zero-order valence-electron chi connectivity index (χ0n) is 21.1. The van der Waals surface area contributed by atoms with Crippen molar-refractivity contribution in [2.24, 2.45) is 9.98 Å². The Hall–Kier alpha value is -3.69. The molecule has 0 aliphatic carbocycles. The van der Waals surface area contributed by atoms with E-state index in [-0.39, 0.29) is 63.2 Å². The predicted octanol–water partition coefficient (Wildman–Crippen LogP) is 3.38. The van der Waals surface area contributed by atoms with Crippen molar-refractivity contribution in [3.8, 4) is 0 Å². The molecule has 3 rings (SSSR count). The van der Waals surface area contributed by atoms with Gasteiger partial charge in [-0.2, -0.15) is 31.4 Å². The summed E-state index contributed by atoms with van der Waals surface area (Å²) in [4.78, 5) is 35.1. The summed E-state index contributed by atoms with van der Waals surface area (Å²) in [7, 11) is 0. The standard InChI is InChI=1S/C23H27F6N7O3/c1-14(22(24,25)26)10-31-21(30-3)35-7-5-34(6-8-35)18(37)13-39-9-4-15(2)36-12-16(23(27,28)29)19-17(36)11-32-33-20(19)38/h10-12,15H,3-9,13H2,1-2H3,(H,33,38)/b14-10+,31-21+. The Morgan fingerprint density at radius 3 is 2.44 bits per heavy atom. The lowest BCUT2D eigenvalue weighted by Crippen LogP contribution is -2.51. The second-order valence-corrected chi connectivity index (χ2v) is 8.86. The lowest BCUT2D eigenvalue weighted by atomic mass is 10.2. The van der Waals surface area contributed by atoms with Crippen molar-refractivity contribution >= 4 is 29.5 Å². The zero-order valence-corrected chi connectivity index (χ0v) is 21.1. The van der Waals surface area contributed by atoms with Gasteiger partial charge in [0.25, 0.3) is 5.56 Å². The normalized spacial score (nSPS) is 16.6. The largest absolute Gasteiger partial charge is 0.418 e. The Labute approximate surface area is 218 Å². The average Bonchev–Trinajstić information content (AvgIpc) is 3.28. The van der Waals surface area contributed by atoms with Gasteiger partial charge in [0, 0.05) is 56.8 Å². The van der Waals surface area contributed by atoms with Crippen molar-refractivity contribution in [2.45, 2.75) is 38.7 Å². The number of hydrogen-bond donors (Lipinski definition) is 1. The first-order valence-electron chi connectivity index (χ1n) is 11.8. The molecular weight excluding hydrogens is 536 g/mol. The molecule has 0 spiro atoms. The number of ether oxygens (including phenoxy) is 1. The van der Waals surface area contributed by atoms with Crippen molar-refractivity contribution in [1.29, 1.82) is 0 Å². The molecule has 2 aromatic rings. The third-order valence-electron chi connectivity index (χ3n) is 6.22. The van der Waals surface area contributed by atoms with Crippen LogP contribution in [0.25, 0.3) is 10.9 Å². The van der Waals surface area contributed by atoms with Crippen molar-refractivity contribution in [1.82, 2.24) is 24.6 Å². The number of rotatable bonds is 7. The summed E-state index contributed by atoms with van der Waals surface area (Å²) in [5, 5.41) is 5.12. The number of fused-ring (bicyclic) bond motifs is 1. The van der Waals surface area contributed by atoms with Crippen LogP contribution in [0.3, 0.4) is 0 Å². The van der Waals surface area contributed by atoms with Crippen LogP contribution in [0.15, 0.2) is 38.9 Å². The van der Waals surface area contributed by atoms with E-state index in [0.29, 0.717) is 6.20 Å². The number of nitrogens with zero attached hydrogens (tertiary/aromatic N) is 6. The number of hydrogen-bond acceptors (Lipinski definition) is 5. The molecule has 0 saturated carbocycles. The summed E-state index contributed by atoms with van der Waals surface area (Å²) in [6, 6.07) is -0.495. The van der Waals surface area contributed by atoms with Gasteiger partial charge in [0.1, 0.15) is 6.61 Å². The number of allylic oxidation sites excluding steroid dienone is 1. The molecule has 10 nitrogen and oxygen atoms in total. The number of aromatic amines is 1. The summed E-state index contributed by atoms with van der Waals surface area (Å²) in [6.07, 6.45) is -6.28. The number of piperazine rings is 1. The molecule has 0 aromatic carbocycles. The topological polar surface area (TPSA) is 108 Å². The van der Waals surface area contributed by atoms with Crippen molar-refractivity contribution in [3.05, 3.63) is 40.1 Å². The molecule has 0 radical (unpaired) electrons. The van der Waals surface area contributed by atoms with Crippen LogP contribution in [0, 0.1) is 0 Å². The van der Waals surface area contributed by atoms with Gasteiger partial charge in [0.2, 0.25) is 11.9 Å². The third kappa shape index (κ3) is 7.25. The van der Waals surface area contributed by atoms with Crippen molar-refractivity contribution in [3.63, 3.8) is 0 Å². The number of carbonyl (C=O) groups excluding carboxylic acids is 1. The molecule has 2 aromatic heterocycles. The van der Waals surface area contributed by atoms with E-state index < -0.39 is 40.5 Å². The van der Waals surface area contributed by atoms with E-state index in [4.69, 9.17) is 4.74 Å². The highest BCUT2D eigenvalue weighted by atomic mass is 19.4. The molecule has 16 heteroatoms. The van der Waals surface area contributed by atoms with Gasteiger partial charge in [-0.1, -0.05) is 0 Å². The Kier molecular flexibility index (Phi) is 9.19. The summed E-state index contributed by atoms with van der Waals surface area (Å²) < 4.78 is 85.0. The van der Waals surface area contributed by atoms with Crippen LogP contribution < -0.4 is 5.56 Å². The van der Waals surface area contributed by atoms with E-state index in [9.17, 15) is 35.9 Å². The molecule has 1 unspecified atom stereocenters. The van der Waals surface area contributed by atoms with Crippen LogP contribution in [0.4, 0.5) is 26.3 Å². The monoisotopic (exact) mass is 563 g/mol. The molecule has 1 fully saturated rings. The fourth-order valence-electron chi connectivity index (χ4n) is 3.95. The summed E-state index contributed by atoms with van der Waals surface area (Å²) in [6.45, 7) is 6.74. The van der Waals surface area contributed by atoms with Gasteiger partial charge in [0.05, 0.1) is 22.7 Å². The fraction of sp³-hybridized carbons (Fsp3) is 0.522. The lowest BCUT2D eigenvalue weighted by Gasteiger charge is -2.35. The number of guanidine groups is 1. The Balaban J connectivity index is 1.51. The minimum Gasteiger partial charge on any atom is -0.372 e. The van der Waals surface area contributed by atoms with Gasteiger partial charge in [-0.15, -0.1) is 0 Å². The number of alkyl halides is 6. The molecular formula is C23H27F6N7O3. The highest BCUT2D eigenvalue weighted by Crippen LogP contribution is 2.35. The summed E-state index contributed by atoms with van der Waals surface area (Å²) in [5.41, 5.74) is -2.86. The van der Waals surface area contributed by atoms with Gasteiger partial charge in [-0.25, -0.2) is 15.1 Å². The van der Waals surface area contributed by atoms with E-state index in [1.165, 1.54) is 9.47 Å². The first-order chi connectivity index (χ1) is 18.2.